The Kier molecular flexibility index (Phi) is 5.62. The number of fused-ring (bicyclic) bond motifs is 6. The van der Waals surface area contributed by atoms with Gasteiger partial charge in [-0.05, 0) is 40.8 Å². The largest absolute Gasteiger partial charge is 0.497 e. The Morgan fingerprint density at radius 3 is 2.62 bits per heavy atom. The van der Waals surface area contributed by atoms with Crippen LogP contribution in [0, 0.1) is 0 Å². The molecule has 8 heteroatoms. The molecule has 1 atom stereocenters. The summed E-state index contributed by atoms with van der Waals surface area (Å²) in [5, 5.41) is 10.8. The zero-order valence-corrected chi connectivity index (χ0v) is 21.1. The van der Waals surface area contributed by atoms with Crippen LogP contribution in [0.4, 0.5) is 0 Å². The number of aromatic nitrogens is 4. The summed E-state index contributed by atoms with van der Waals surface area (Å²) in [4.78, 5) is 15.0. The van der Waals surface area contributed by atoms with Gasteiger partial charge in [-0.15, -0.1) is 5.10 Å². The molecule has 0 amide bonds. The second-order valence-corrected chi connectivity index (χ2v) is 9.19. The van der Waals surface area contributed by atoms with Gasteiger partial charge < -0.3 is 14.3 Å². The van der Waals surface area contributed by atoms with E-state index in [1.165, 1.54) is 0 Å². The first-order valence-corrected chi connectivity index (χ1v) is 12.6. The van der Waals surface area contributed by atoms with Crippen molar-refractivity contribution in [3.63, 3.8) is 0 Å². The van der Waals surface area contributed by atoms with Gasteiger partial charge in [0.2, 0.25) is 5.88 Å². The fourth-order valence-electron chi connectivity index (χ4n) is 5.03. The molecule has 4 aromatic carbocycles. The molecule has 0 N–H and O–H groups in total. The number of benzene rings is 4. The number of methoxy groups -OCH3 is 1. The summed E-state index contributed by atoms with van der Waals surface area (Å²) >= 11 is 0. The monoisotopic (exact) mass is 513 g/mol. The molecular formula is C31H23N5O3. The Balaban J connectivity index is 1.25. The maximum atomic E-state index is 6.47. The highest BCUT2D eigenvalue weighted by Gasteiger charge is 2.34. The summed E-state index contributed by atoms with van der Waals surface area (Å²) in [6.45, 7) is 0.112. The lowest BCUT2D eigenvalue weighted by Crippen LogP contribution is -2.15. The van der Waals surface area contributed by atoms with Crippen LogP contribution in [-0.4, -0.2) is 32.9 Å². The minimum absolute atomic E-state index is 0.112. The quantitative estimate of drug-likeness (QED) is 0.197. The summed E-state index contributed by atoms with van der Waals surface area (Å²) in [7, 11) is 1.63. The average molecular weight is 514 g/mol. The van der Waals surface area contributed by atoms with E-state index >= 15 is 0 Å². The fourth-order valence-corrected chi connectivity index (χ4v) is 5.03. The molecule has 1 aliphatic rings. The first-order valence-electron chi connectivity index (χ1n) is 12.6. The summed E-state index contributed by atoms with van der Waals surface area (Å²) in [6.07, 6.45) is 3.27. The Hall–Kier alpha value is -5.24. The first kappa shape index (κ1) is 22.9. The Labute approximate surface area is 224 Å². The molecular weight excluding hydrogens is 490 g/mol. The van der Waals surface area contributed by atoms with Crippen LogP contribution in [0.5, 0.6) is 17.4 Å². The second kappa shape index (κ2) is 9.57. The van der Waals surface area contributed by atoms with Crippen LogP contribution >= 0.6 is 0 Å². The molecule has 1 aliphatic heterocycles. The minimum Gasteiger partial charge on any atom is -0.497 e. The number of hydrogen-bond donors (Lipinski definition) is 0. The molecule has 0 unspecified atom stereocenters. The standard InChI is InChI=1S/C31H23N5O3/c1-37-23-14-11-20(12-15-23)17-33-38-18-26-34-30-28-27(22-8-3-2-4-9-22)25-16-13-21-7-5-6-10-24(21)29(25)39-31(28)32-19-36(30)35-26/h2-17,19,27H,18H2,1H3/b33-17-/t27-/m0/s1. The average Bonchev–Trinajstić information content (AvgIpc) is 3.42. The number of ether oxygens (including phenoxy) is 2. The number of rotatable bonds is 6. The normalized spacial score (nSPS) is 14.2. The van der Waals surface area contributed by atoms with Crippen molar-refractivity contribution in [1.82, 2.24) is 19.6 Å². The minimum atomic E-state index is -0.128. The highest BCUT2D eigenvalue weighted by Crippen LogP contribution is 2.50. The van der Waals surface area contributed by atoms with Crippen molar-refractivity contribution in [3.8, 4) is 17.4 Å². The van der Waals surface area contributed by atoms with Gasteiger partial charge in [-0.2, -0.15) is 0 Å². The van der Waals surface area contributed by atoms with Gasteiger partial charge in [0.15, 0.2) is 18.1 Å². The van der Waals surface area contributed by atoms with E-state index in [0.717, 1.165) is 44.5 Å². The van der Waals surface area contributed by atoms with Gasteiger partial charge in [-0.3, -0.25) is 0 Å². The van der Waals surface area contributed by atoms with Gasteiger partial charge in [0.05, 0.1) is 18.9 Å². The third kappa shape index (κ3) is 4.12. The van der Waals surface area contributed by atoms with Crippen molar-refractivity contribution in [1.29, 1.82) is 0 Å². The molecule has 0 spiro atoms. The zero-order valence-electron chi connectivity index (χ0n) is 21.1. The molecule has 0 aliphatic carbocycles. The zero-order chi connectivity index (χ0) is 26.2. The molecule has 8 nitrogen and oxygen atoms in total. The van der Waals surface area contributed by atoms with Gasteiger partial charge in [-0.25, -0.2) is 14.5 Å². The van der Waals surface area contributed by atoms with E-state index in [1.54, 1.807) is 24.2 Å². The predicted octanol–water partition coefficient (Wildman–Crippen LogP) is 6.12. The van der Waals surface area contributed by atoms with E-state index in [-0.39, 0.29) is 12.5 Å². The molecule has 0 saturated carbocycles. The van der Waals surface area contributed by atoms with Gasteiger partial charge in [0.1, 0.15) is 17.8 Å². The van der Waals surface area contributed by atoms with E-state index in [9.17, 15) is 0 Å². The van der Waals surface area contributed by atoms with Crippen LogP contribution in [0.25, 0.3) is 16.4 Å². The Morgan fingerprint density at radius 2 is 1.77 bits per heavy atom. The van der Waals surface area contributed by atoms with Gasteiger partial charge in [0, 0.05) is 16.9 Å². The molecule has 0 radical (unpaired) electrons. The Bertz CT molecular complexity index is 1830. The Morgan fingerprint density at radius 1 is 0.949 bits per heavy atom. The van der Waals surface area contributed by atoms with Crippen molar-refractivity contribution < 1.29 is 14.3 Å². The summed E-state index contributed by atoms with van der Waals surface area (Å²) in [6, 6.07) is 30.4. The molecule has 3 heterocycles. The number of hydrogen-bond acceptors (Lipinski definition) is 7. The van der Waals surface area contributed by atoms with Gasteiger partial charge >= 0.3 is 0 Å². The molecule has 7 rings (SSSR count). The van der Waals surface area contributed by atoms with Gasteiger partial charge in [-0.1, -0.05) is 71.9 Å². The van der Waals surface area contributed by atoms with Crippen molar-refractivity contribution >= 4 is 22.6 Å². The van der Waals surface area contributed by atoms with Crippen LogP contribution in [0.3, 0.4) is 0 Å². The van der Waals surface area contributed by atoms with Crippen LogP contribution in [0.1, 0.15) is 34.0 Å². The van der Waals surface area contributed by atoms with E-state index in [1.807, 2.05) is 54.6 Å². The molecule has 39 heavy (non-hydrogen) atoms. The van der Waals surface area contributed by atoms with Crippen LogP contribution in [0.2, 0.25) is 0 Å². The topological polar surface area (TPSA) is 83.1 Å². The molecule has 2 aromatic heterocycles. The third-order valence-corrected chi connectivity index (χ3v) is 6.86. The van der Waals surface area contributed by atoms with E-state index < -0.39 is 0 Å². The number of oxime groups is 1. The third-order valence-electron chi connectivity index (χ3n) is 6.86. The van der Waals surface area contributed by atoms with Crippen molar-refractivity contribution in [2.45, 2.75) is 12.5 Å². The first-order chi connectivity index (χ1) is 19.3. The highest BCUT2D eigenvalue weighted by atomic mass is 16.6. The predicted molar refractivity (Wildman–Crippen MR) is 148 cm³/mol. The summed E-state index contributed by atoms with van der Waals surface area (Å²) in [5.74, 6) is 2.50. The van der Waals surface area contributed by atoms with E-state index in [0.29, 0.717) is 17.4 Å². The van der Waals surface area contributed by atoms with Crippen LogP contribution in [-0.2, 0) is 11.4 Å². The van der Waals surface area contributed by atoms with Gasteiger partial charge in [0.25, 0.3) is 0 Å². The van der Waals surface area contributed by atoms with Crippen molar-refractivity contribution in [2.24, 2.45) is 5.16 Å². The lowest BCUT2D eigenvalue weighted by atomic mass is 9.83. The van der Waals surface area contributed by atoms with Crippen molar-refractivity contribution in [2.75, 3.05) is 7.11 Å². The van der Waals surface area contributed by atoms with E-state index in [4.69, 9.17) is 19.3 Å². The second-order valence-electron chi connectivity index (χ2n) is 9.19. The molecule has 190 valence electrons. The summed E-state index contributed by atoms with van der Waals surface area (Å²) in [5.41, 5.74) is 4.62. The molecule has 0 saturated heterocycles. The van der Waals surface area contributed by atoms with E-state index in [2.05, 4.69) is 51.6 Å². The van der Waals surface area contributed by atoms with Crippen LogP contribution < -0.4 is 9.47 Å². The smallest absolute Gasteiger partial charge is 0.228 e. The molecule has 0 fully saturated rings. The molecule has 0 bridgehead atoms. The lowest BCUT2D eigenvalue weighted by Gasteiger charge is -2.28. The SMILES string of the molecule is COc1ccc(/C=N\OCc2nc3c4c(ncn3n2)Oc2c(ccc3ccccc23)[C@@H]4c2ccccc2)cc1. The molecule has 6 aromatic rings. The highest BCUT2D eigenvalue weighted by molar-refractivity contribution is 5.91. The van der Waals surface area contributed by atoms with Crippen LogP contribution in [0.15, 0.2) is 102 Å². The fraction of sp³-hybridized carbons (Fsp3) is 0.0968. The maximum Gasteiger partial charge on any atom is 0.228 e. The number of nitrogens with zero attached hydrogens (tertiary/aromatic N) is 5. The maximum absolute atomic E-state index is 6.47. The lowest BCUT2D eigenvalue weighted by molar-refractivity contribution is 0.126. The van der Waals surface area contributed by atoms with Crippen molar-refractivity contribution in [3.05, 3.63) is 125 Å². The summed E-state index contributed by atoms with van der Waals surface area (Å²) < 4.78 is 13.3.